The summed E-state index contributed by atoms with van der Waals surface area (Å²) in [5, 5.41) is 2.93. The van der Waals surface area contributed by atoms with Crippen LogP contribution in [0.5, 0.6) is 11.5 Å². The smallest absolute Gasteiger partial charge is 0.265 e. The molecule has 0 radical (unpaired) electrons. The number of carbonyl (C=O) groups is 1. The Morgan fingerprint density at radius 1 is 0.871 bits per heavy atom. The fourth-order valence-corrected chi connectivity index (χ4v) is 3.12. The second-order valence-electron chi connectivity index (χ2n) is 8.58. The fraction of sp³-hybridized carbons (Fsp3) is 0.296. The third kappa shape index (κ3) is 6.61. The molecule has 0 bridgehead atoms. The summed E-state index contributed by atoms with van der Waals surface area (Å²) in [6.45, 7) is 8.95. The first-order valence-corrected chi connectivity index (χ1v) is 10.7. The van der Waals surface area contributed by atoms with Crippen LogP contribution in [0.15, 0.2) is 78.9 Å². The first-order chi connectivity index (χ1) is 14.8. The van der Waals surface area contributed by atoms with Gasteiger partial charge in [0.25, 0.3) is 5.91 Å². The number of nitrogens with one attached hydrogen (secondary N) is 1. The average Bonchev–Trinajstić information content (AvgIpc) is 2.77. The number of anilines is 1. The third-order valence-electron chi connectivity index (χ3n) is 5.03. The van der Waals surface area contributed by atoms with Gasteiger partial charge in [0.2, 0.25) is 0 Å². The molecule has 0 saturated heterocycles. The van der Waals surface area contributed by atoms with E-state index < -0.39 is 6.10 Å². The van der Waals surface area contributed by atoms with Crippen molar-refractivity contribution in [2.45, 2.75) is 52.2 Å². The van der Waals surface area contributed by atoms with Crippen LogP contribution in [0.2, 0.25) is 0 Å². The molecule has 1 amide bonds. The number of hydrogen-bond donors (Lipinski definition) is 1. The standard InChI is InChI=1S/C27H31NO3/c1-5-25(31-24-15-11-21(12-16-24)27(2,3)4)26(29)28-22-13-17-23(18-14-22)30-19-20-9-7-6-8-10-20/h6-18,25H,5,19H2,1-4H3,(H,28,29). The quantitative estimate of drug-likeness (QED) is 0.464. The fourth-order valence-electron chi connectivity index (χ4n) is 3.12. The molecule has 0 aliphatic heterocycles. The molecule has 162 valence electrons. The highest BCUT2D eigenvalue weighted by Gasteiger charge is 2.19. The predicted octanol–water partition coefficient (Wildman–Crippen LogP) is 6.36. The Hall–Kier alpha value is -3.27. The summed E-state index contributed by atoms with van der Waals surface area (Å²) in [6.07, 6.45) is 0.0139. The Kier molecular flexibility index (Phi) is 7.35. The first kappa shape index (κ1) is 22.4. The molecule has 1 N–H and O–H groups in total. The van der Waals surface area contributed by atoms with Crippen LogP contribution in [-0.4, -0.2) is 12.0 Å². The molecular formula is C27H31NO3. The number of carbonyl (C=O) groups excluding carboxylic acids is 1. The predicted molar refractivity (Wildman–Crippen MR) is 126 cm³/mol. The number of benzene rings is 3. The lowest BCUT2D eigenvalue weighted by molar-refractivity contribution is -0.122. The van der Waals surface area contributed by atoms with E-state index in [0.717, 1.165) is 11.3 Å². The molecule has 0 aliphatic rings. The van der Waals surface area contributed by atoms with Crippen LogP contribution >= 0.6 is 0 Å². The van der Waals surface area contributed by atoms with Gasteiger partial charge in [0.1, 0.15) is 18.1 Å². The molecule has 4 heteroatoms. The zero-order valence-electron chi connectivity index (χ0n) is 18.7. The Bertz CT molecular complexity index is 958. The van der Waals surface area contributed by atoms with Gasteiger partial charge in [0.05, 0.1) is 0 Å². The van der Waals surface area contributed by atoms with Gasteiger partial charge in [-0.3, -0.25) is 4.79 Å². The van der Waals surface area contributed by atoms with Crippen LogP contribution in [-0.2, 0) is 16.8 Å². The summed E-state index contributed by atoms with van der Waals surface area (Å²) in [7, 11) is 0. The van der Waals surface area contributed by atoms with E-state index in [1.54, 1.807) is 0 Å². The maximum absolute atomic E-state index is 12.7. The first-order valence-electron chi connectivity index (χ1n) is 10.7. The summed E-state index contributed by atoms with van der Waals surface area (Å²) in [5.41, 5.74) is 3.13. The van der Waals surface area contributed by atoms with E-state index in [4.69, 9.17) is 9.47 Å². The molecule has 1 atom stereocenters. The van der Waals surface area contributed by atoms with Crippen LogP contribution in [0.3, 0.4) is 0 Å². The molecule has 0 aromatic heterocycles. The van der Waals surface area contributed by atoms with E-state index in [-0.39, 0.29) is 11.3 Å². The number of hydrogen-bond acceptors (Lipinski definition) is 3. The monoisotopic (exact) mass is 417 g/mol. The highest BCUT2D eigenvalue weighted by Crippen LogP contribution is 2.25. The van der Waals surface area contributed by atoms with Gasteiger partial charge >= 0.3 is 0 Å². The van der Waals surface area contributed by atoms with Crippen molar-refractivity contribution in [3.05, 3.63) is 90.0 Å². The van der Waals surface area contributed by atoms with Crippen LogP contribution in [0.1, 0.15) is 45.2 Å². The van der Waals surface area contributed by atoms with E-state index >= 15 is 0 Å². The van der Waals surface area contributed by atoms with Gasteiger partial charge in [-0.25, -0.2) is 0 Å². The van der Waals surface area contributed by atoms with E-state index in [1.807, 2.05) is 85.8 Å². The third-order valence-corrected chi connectivity index (χ3v) is 5.03. The topological polar surface area (TPSA) is 47.6 Å². The molecular weight excluding hydrogens is 386 g/mol. The van der Waals surface area contributed by atoms with E-state index in [1.165, 1.54) is 5.56 Å². The maximum Gasteiger partial charge on any atom is 0.265 e. The van der Waals surface area contributed by atoms with Crippen LogP contribution in [0.4, 0.5) is 5.69 Å². The molecule has 0 fully saturated rings. The summed E-state index contributed by atoms with van der Waals surface area (Å²) in [5.74, 6) is 1.28. The second kappa shape index (κ2) is 10.2. The maximum atomic E-state index is 12.7. The molecule has 4 nitrogen and oxygen atoms in total. The van der Waals surface area contributed by atoms with Crippen molar-refractivity contribution in [1.29, 1.82) is 0 Å². The van der Waals surface area contributed by atoms with Crippen LogP contribution < -0.4 is 14.8 Å². The summed E-state index contributed by atoms with van der Waals surface area (Å²) in [4.78, 5) is 12.7. The van der Waals surface area contributed by atoms with Crippen LogP contribution in [0.25, 0.3) is 0 Å². The van der Waals surface area contributed by atoms with Gasteiger partial charge in [0.15, 0.2) is 6.10 Å². The largest absolute Gasteiger partial charge is 0.489 e. The Balaban J connectivity index is 1.55. The molecule has 31 heavy (non-hydrogen) atoms. The Morgan fingerprint density at radius 2 is 1.48 bits per heavy atom. The molecule has 3 rings (SSSR count). The van der Waals surface area contributed by atoms with Crippen molar-refractivity contribution in [1.82, 2.24) is 0 Å². The van der Waals surface area contributed by atoms with Gasteiger partial charge < -0.3 is 14.8 Å². The van der Waals surface area contributed by atoms with Gasteiger partial charge in [-0.2, -0.15) is 0 Å². The second-order valence-corrected chi connectivity index (χ2v) is 8.58. The number of amides is 1. The van der Waals surface area contributed by atoms with Crippen molar-refractivity contribution in [3.8, 4) is 11.5 Å². The molecule has 0 aliphatic carbocycles. The molecule has 0 saturated carbocycles. The Labute approximate surface area is 185 Å². The van der Waals surface area contributed by atoms with E-state index in [2.05, 4.69) is 26.1 Å². The molecule has 0 spiro atoms. The number of ether oxygens (including phenoxy) is 2. The minimum atomic E-state index is -0.561. The normalized spacial score (nSPS) is 12.1. The van der Waals surface area contributed by atoms with Crippen molar-refractivity contribution in [2.75, 3.05) is 5.32 Å². The van der Waals surface area contributed by atoms with Gasteiger partial charge in [-0.15, -0.1) is 0 Å². The number of rotatable bonds is 8. The SMILES string of the molecule is CCC(Oc1ccc(C(C)(C)C)cc1)C(=O)Nc1ccc(OCc2ccccc2)cc1. The van der Waals surface area contributed by atoms with E-state index in [9.17, 15) is 4.79 Å². The zero-order chi connectivity index (χ0) is 22.3. The van der Waals surface area contributed by atoms with Crippen molar-refractivity contribution in [3.63, 3.8) is 0 Å². The highest BCUT2D eigenvalue weighted by atomic mass is 16.5. The van der Waals surface area contributed by atoms with E-state index in [0.29, 0.717) is 24.5 Å². The van der Waals surface area contributed by atoms with Gasteiger partial charge in [0, 0.05) is 5.69 Å². The highest BCUT2D eigenvalue weighted by molar-refractivity contribution is 5.94. The molecule has 3 aromatic carbocycles. The average molecular weight is 418 g/mol. The lowest BCUT2D eigenvalue weighted by Crippen LogP contribution is -2.32. The van der Waals surface area contributed by atoms with Crippen molar-refractivity contribution in [2.24, 2.45) is 0 Å². The molecule has 1 unspecified atom stereocenters. The van der Waals surface area contributed by atoms with Crippen molar-refractivity contribution < 1.29 is 14.3 Å². The minimum Gasteiger partial charge on any atom is -0.489 e. The minimum absolute atomic E-state index is 0.0804. The summed E-state index contributed by atoms with van der Waals surface area (Å²) < 4.78 is 11.7. The summed E-state index contributed by atoms with van der Waals surface area (Å²) >= 11 is 0. The van der Waals surface area contributed by atoms with Crippen LogP contribution in [0, 0.1) is 0 Å². The lowest BCUT2D eigenvalue weighted by Gasteiger charge is -2.21. The Morgan fingerprint density at radius 3 is 2.06 bits per heavy atom. The van der Waals surface area contributed by atoms with Gasteiger partial charge in [-0.05, 0) is 59.4 Å². The lowest BCUT2D eigenvalue weighted by atomic mass is 9.87. The molecule has 3 aromatic rings. The zero-order valence-corrected chi connectivity index (χ0v) is 18.7. The summed E-state index contributed by atoms with van der Waals surface area (Å²) in [6, 6.07) is 25.3. The van der Waals surface area contributed by atoms with Crippen molar-refractivity contribution >= 4 is 11.6 Å². The van der Waals surface area contributed by atoms with Gasteiger partial charge in [-0.1, -0.05) is 70.2 Å². The molecule has 0 heterocycles.